The van der Waals surface area contributed by atoms with Crippen LogP contribution in [0.4, 0.5) is 0 Å². The smallest absolute Gasteiger partial charge is 0.342 e. The molecule has 0 fully saturated rings. The summed E-state index contributed by atoms with van der Waals surface area (Å²) < 4.78 is 6.79. The van der Waals surface area contributed by atoms with Gasteiger partial charge in [0.2, 0.25) is 5.91 Å². The number of aryl methyl sites for hydroxylation is 1. The third-order valence-corrected chi connectivity index (χ3v) is 6.20. The monoisotopic (exact) mass is 485 g/mol. The number of esters is 1. The van der Waals surface area contributed by atoms with E-state index in [0.29, 0.717) is 34.3 Å². The van der Waals surface area contributed by atoms with E-state index in [1.165, 1.54) is 11.8 Å². The van der Waals surface area contributed by atoms with Crippen molar-refractivity contribution in [3.63, 3.8) is 0 Å². The maximum atomic E-state index is 12.6. The summed E-state index contributed by atoms with van der Waals surface area (Å²) in [4.78, 5) is 37.6. The number of ether oxygens (including phenoxy) is 1. The Labute approximate surface area is 201 Å². The molecule has 2 amide bonds. The van der Waals surface area contributed by atoms with Gasteiger partial charge in [0, 0.05) is 22.1 Å². The van der Waals surface area contributed by atoms with Crippen molar-refractivity contribution in [3.8, 4) is 0 Å². The third kappa shape index (κ3) is 6.94. The van der Waals surface area contributed by atoms with Gasteiger partial charge in [0.1, 0.15) is 5.56 Å². The quantitative estimate of drug-likeness (QED) is 0.361. The molecule has 2 aromatic carbocycles. The number of aromatic nitrogens is 2. The molecular weight excluding hydrogens is 462 g/mol. The van der Waals surface area contributed by atoms with Crippen LogP contribution in [-0.4, -0.2) is 39.9 Å². The zero-order valence-electron chi connectivity index (χ0n) is 18.3. The van der Waals surface area contributed by atoms with Crippen molar-refractivity contribution in [1.82, 2.24) is 15.1 Å². The molecule has 0 saturated carbocycles. The van der Waals surface area contributed by atoms with Crippen molar-refractivity contribution in [2.75, 3.05) is 12.4 Å². The maximum Gasteiger partial charge on any atom is 0.342 e. The molecule has 0 unspecified atom stereocenters. The highest BCUT2D eigenvalue weighted by Crippen LogP contribution is 2.20. The van der Waals surface area contributed by atoms with Gasteiger partial charge >= 0.3 is 5.97 Å². The zero-order valence-corrected chi connectivity index (χ0v) is 19.9. The molecule has 7 nitrogen and oxygen atoms in total. The van der Waals surface area contributed by atoms with Gasteiger partial charge in [-0.05, 0) is 37.6 Å². The highest BCUT2D eigenvalue weighted by atomic mass is 35.5. The predicted molar refractivity (Wildman–Crippen MR) is 127 cm³/mol. The third-order valence-electron chi connectivity index (χ3n) is 4.82. The number of carbonyl (C=O) groups is 3. The molecule has 0 aliphatic heterocycles. The van der Waals surface area contributed by atoms with Crippen molar-refractivity contribution in [2.24, 2.45) is 0 Å². The molecule has 0 bridgehead atoms. The Hall–Kier alpha value is -3.10. The molecule has 3 aromatic rings. The van der Waals surface area contributed by atoms with E-state index in [2.05, 4.69) is 10.4 Å². The molecule has 9 heteroatoms. The molecule has 0 aliphatic carbocycles. The number of hydrogen-bond acceptors (Lipinski definition) is 6. The van der Waals surface area contributed by atoms with E-state index in [0.717, 1.165) is 10.5 Å². The topological polar surface area (TPSA) is 90.3 Å². The van der Waals surface area contributed by atoms with E-state index in [4.69, 9.17) is 16.3 Å². The standard InChI is InChI=1S/C24H24ClN3O4S/c1-16-23(17(2)28(27-16)14-18-8-6-7-11-20(18)25)24(31)32-15-22(30)26-21(29)12-13-33-19-9-4-3-5-10-19/h3-11H,12-15H2,1-2H3,(H,26,29,30). The van der Waals surface area contributed by atoms with Crippen LogP contribution >= 0.6 is 23.4 Å². The lowest BCUT2D eigenvalue weighted by molar-refractivity contribution is -0.132. The highest BCUT2D eigenvalue weighted by molar-refractivity contribution is 7.99. The van der Waals surface area contributed by atoms with Gasteiger partial charge in [0.05, 0.1) is 17.9 Å². The Morgan fingerprint density at radius 2 is 1.73 bits per heavy atom. The van der Waals surface area contributed by atoms with Crippen LogP contribution in [0.2, 0.25) is 5.02 Å². The van der Waals surface area contributed by atoms with E-state index in [1.807, 2.05) is 48.5 Å². The number of hydrogen-bond donors (Lipinski definition) is 1. The molecular formula is C24H24ClN3O4S. The number of nitrogens with zero attached hydrogens (tertiary/aromatic N) is 2. The van der Waals surface area contributed by atoms with Crippen molar-refractivity contribution in [1.29, 1.82) is 0 Å². The summed E-state index contributed by atoms with van der Waals surface area (Å²) in [6.07, 6.45) is 0.173. The molecule has 0 aliphatic rings. The lowest BCUT2D eigenvalue weighted by atomic mass is 10.2. The van der Waals surface area contributed by atoms with Crippen LogP contribution in [0.1, 0.15) is 33.7 Å². The summed E-state index contributed by atoms with van der Waals surface area (Å²) in [5, 5.41) is 7.25. The minimum absolute atomic E-state index is 0.173. The van der Waals surface area contributed by atoms with Gasteiger partial charge in [-0.25, -0.2) is 4.79 Å². The summed E-state index contributed by atoms with van der Waals surface area (Å²) in [7, 11) is 0. The van der Waals surface area contributed by atoms with Gasteiger partial charge in [0.25, 0.3) is 5.91 Å². The summed E-state index contributed by atoms with van der Waals surface area (Å²) >= 11 is 7.74. The molecule has 0 radical (unpaired) electrons. The van der Waals surface area contributed by atoms with E-state index < -0.39 is 24.4 Å². The lowest BCUT2D eigenvalue weighted by Gasteiger charge is -2.08. The van der Waals surface area contributed by atoms with Crippen LogP contribution in [-0.2, 0) is 20.9 Å². The molecule has 33 heavy (non-hydrogen) atoms. The molecule has 1 heterocycles. The first-order chi connectivity index (χ1) is 15.8. The minimum Gasteiger partial charge on any atom is -0.452 e. The number of carbonyl (C=O) groups excluding carboxylic acids is 3. The Balaban J connectivity index is 1.48. The van der Waals surface area contributed by atoms with Gasteiger partial charge in [-0.1, -0.05) is 48.0 Å². The largest absolute Gasteiger partial charge is 0.452 e. The SMILES string of the molecule is Cc1nn(Cc2ccccc2Cl)c(C)c1C(=O)OCC(=O)NC(=O)CCSc1ccccc1. The fourth-order valence-corrected chi connectivity index (χ4v) is 4.24. The van der Waals surface area contributed by atoms with Crippen molar-refractivity contribution >= 4 is 41.1 Å². The van der Waals surface area contributed by atoms with Crippen molar-refractivity contribution < 1.29 is 19.1 Å². The average Bonchev–Trinajstić information content (AvgIpc) is 3.07. The lowest BCUT2D eigenvalue weighted by Crippen LogP contribution is -2.34. The number of halogens is 1. The molecule has 0 atom stereocenters. The molecule has 3 rings (SSSR count). The van der Waals surface area contributed by atoms with E-state index in [-0.39, 0.29) is 6.42 Å². The van der Waals surface area contributed by atoms with Gasteiger partial charge < -0.3 is 4.74 Å². The number of rotatable bonds is 9. The van der Waals surface area contributed by atoms with Crippen LogP contribution in [0.5, 0.6) is 0 Å². The van der Waals surface area contributed by atoms with E-state index in [9.17, 15) is 14.4 Å². The van der Waals surface area contributed by atoms with Crippen molar-refractivity contribution in [2.45, 2.75) is 31.7 Å². The minimum atomic E-state index is -0.670. The first-order valence-electron chi connectivity index (χ1n) is 10.3. The Bertz CT molecular complexity index is 1150. The number of nitrogens with one attached hydrogen (secondary N) is 1. The number of amides is 2. The second-order valence-electron chi connectivity index (χ2n) is 7.25. The summed E-state index contributed by atoms with van der Waals surface area (Å²) in [6.45, 7) is 3.29. The van der Waals surface area contributed by atoms with Crippen LogP contribution in [0.25, 0.3) is 0 Å². The first-order valence-corrected chi connectivity index (χ1v) is 11.7. The highest BCUT2D eigenvalue weighted by Gasteiger charge is 2.21. The van der Waals surface area contributed by atoms with Crippen LogP contribution in [0, 0.1) is 13.8 Å². The first kappa shape index (κ1) is 24.5. The normalized spacial score (nSPS) is 10.6. The van der Waals surface area contributed by atoms with Crippen molar-refractivity contribution in [3.05, 3.63) is 82.1 Å². The fraction of sp³-hybridized carbons (Fsp3) is 0.250. The summed E-state index contributed by atoms with van der Waals surface area (Å²) in [5.74, 6) is -1.22. The second-order valence-corrected chi connectivity index (χ2v) is 8.83. The molecule has 0 spiro atoms. The van der Waals surface area contributed by atoms with Crippen LogP contribution < -0.4 is 5.32 Å². The Kier molecular flexibility index (Phi) is 8.68. The number of thioether (sulfide) groups is 1. The average molecular weight is 486 g/mol. The number of imide groups is 1. The second kappa shape index (κ2) is 11.7. The van der Waals surface area contributed by atoms with Crippen LogP contribution in [0.3, 0.4) is 0 Å². The van der Waals surface area contributed by atoms with Crippen LogP contribution in [0.15, 0.2) is 59.5 Å². The maximum absolute atomic E-state index is 12.6. The van der Waals surface area contributed by atoms with E-state index >= 15 is 0 Å². The molecule has 1 N–H and O–H groups in total. The number of benzene rings is 2. The Morgan fingerprint density at radius 3 is 2.45 bits per heavy atom. The zero-order chi connectivity index (χ0) is 23.8. The van der Waals surface area contributed by atoms with E-state index in [1.54, 1.807) is 24.6 Å². The fourth-order valence-electron chi connectivity index (χ4n) is 3.17. The molecule has 172 valence electrons. The summed E-state index contributed by atoms with van der Waals surface area (Å²) in [5.41, 5.74) is 2.25. The Morgan fingerprint density at radius 1 is 1.03 bits per heavy atom. The molecule has 0 saturated heterocycles. The predicted octanol–water partition coefficient (Wildman–Crippen LogP) is 4.18. The van der Waals surface area contributed by atoms with Gasteiger partial charge in [-0.2, -0.15) is 5.10 Å². The van der Waals surface area contributed by atoms with Gasteiger partial charge in [0.15, 0.2) is 6.61 Å². The van der Waals surface area contributed by atoms with Gasteiger partial charge in [-0.3, -0.25) is 19.6 Å². The summed E-state index contributed by atoms with van der Waals surface area (Å²) in [6, 6.07) is 17.1. The van der Waals surface area contributed by atoms with Gasteiger partial charge in [-0.15, -0.1) is 11.8 Å². The molecule has 1 aromatic heterocycles.